The second-order valence-corrected chi connectivity index (χ2v) is 7.01. The molecule has 0 aliphatic heterocycles. The maximum atomic E-state index is 13.3. The highest BCUT2D eigenvalue weighted by Crippen LogP contribution is 2.22. The molecule has 0 fully saturated rings. The summed E-state index contributed by atoms with van der Waals surface area (Å²) >= 11 is 5.08. The van der Waals surface area contributed by atoms with Gasteiger partial charge in [0.05, 0.1) is 4.47 Å². The van der Waals surface area contributed by atoms with Gasteiger partial charge in [0.1, 0.15) is 5.82 Å². The van der Waals surface area contributed by atoms with Crippen LogP contribution in [0, 0.1) is 12.7 Å². The molecule has 0 spiro atoms. The number of halogens is 2. The lowest BCUT2D eigenvalue weighted by Crippen LogP contribution is -2.30. The molecule has 0 bridgehead atoms. The van der Waals surface area contributed by atoms with E-state index in [4.69, 9.17) is 0 Å². The summed E-state index contributed by atoms with van der Waals surface area (Å²) in [5.41, 5.74) is 2.41. The van der Waals surface area contributed by atoms with Crippen LogP contribution in [0.15, 0.2) is 51.8 Å². The lowest BCUT2D eigenvalue weighted by Gasteiger charge is -2.16. The first-order chi connectivity index (χ1) is 10.1. The smallest absolute Gasteiger partial charge is 0.137 e. The largest absolute Gasteiger partial charge is 0.316 e. The molecule has 2 aromatic rings. The van der Waals surface area contributed by atoms with Gasteiger partial charge in [-0.15, -0.1) is 11.8 Å². The van der Waals surface area contributed by atoms with Gasteiger partial charge in [0.25, 0.3) is 0 Å². The number of aryl methyl sites for hydroxylation is 1. The molecule has 112 valence electrons. The number of likely N-dealkylation sites (N-methyl/N-ethyl adjacent to an activating group) is 1. The third-order valence-electron chi connectivity index (χ3n) is 3.35. The Kier molecular flexibility index (Phi) is 6.27. The Balaban J connectivity index is 1.93. The fourth-order valence-electron chi connectivity index (χ4n) is 2.03. The van der Waals surface area contributed by atoms with Gasteiger partial charge in [-0.3, -0.25) is 0 Å². The van der Waals surface area contributed by atoms with Crippen molar-refractivity contribution in [3.05, 3.63) is 63.9 Å². The first-order valence-electron chi connectivity index (χ1n) is 6.89. The van der Waals surface area contributed by atoms with Crippen molar-refractivity contribution in [3.8, 4) is 0 Å². The van der Waals surface area contributed by atoms with Gasteiger partial charge in [-0.2, -0.15) is 0 Å². The molecule has 1 N–H and O–H groups in total. The van der Waals surface area contributed by atoms with E-state index in [9.17, 15) is 4.39 Å². The van der Waals surface area contributed by atoms with E-state index in [1.807, 2.05) is 30.9 Å². The van der Waals surface area contributed by atoms with Crippen LogP contribution in [-0.2, 0) is 6.42 Å². The fourth-order valence-corrected chi connectivity index (χ4v) is 3.46. The molecular formula is C17H19BrFNS. The minimum atomic E-state index is -0.214. The van der Waals surface area contributed by atoms with Gasteiger partial charge in [0.15, 0.2) is 0 Å². The lowest BCUT2D eigenvalue weighted by molar-refractivity contribution is 0.606. The van der Waals surface area contributed by atoms with Crippen LogP contribution in [0.4, 0.5) is 4.39 Å². The summed E-state index contributed by atoms with van der Waals surface area (Å²) in [5.74, 6) is 0.767. The van der Waals surface area contributed by atoms with E-state index in [0.29, 0.717) is 10.5 Å². The van der Waals surface area contributed by atoms with Crippen molar-refractivity contribution in [2.45, 2.75) is 24.3 Å². The number of hydrogen-bond acceptors (Lipinski definition) is 2. The van der Waals surface area contributed by atoms with Gasteiger partial charge in [-0.1, -0.05) is 23.8 Å². The Bertz CT molecular complexity index is 586. The molecule has 0 radical (unpaired) electrons. The van der Waals surface area contributed by atoms with E-state index in [1.165, 1.54) is 16.5 Å². The van der Waals surface area contributed by atoms with Crippen molar-refractivity contribution in [2.75, 3.05) is 12.8 Å². The molecule has 2 aromatic carbocycles. The SMILES string of the molecule is CNC(CSc1ccc(C)cc1)Cc1ccc(F)c(Br)c1. The highest BCUT2D eigenvalue weighted by atomic mass is 79.9. The summed E-state index contributed by atoms with van der Waals surface area (Å²) in [7, 11) is 1.97. The molecule has 0 saturated heterocycles. The van der Waals surface area contributed by atoms with E-state index < -0.39 is 0 Å². The molecule has 0 heterocycles. The van der Waals surface area contributed by atoms with Gasteiger partial charge in [-0.25, -0.2) is 4.39 Å². The third-order valence-corrected chi connectivity index (χ3v) is 5.13. The summed E-state index contributed by atoms with van der Waals surface area (Å²) < 4.78 is 13.8. The lowest BCUT2D eigenvalue weighted by atomic mass is 10.1. The minimum absolute atomic E-state index is 0.214. The van der Waals surface area contributed by atoms with Crippen LogP contribution in [0.25, 0.3) is 0 Å². The fraction of sp³-hybridized carbons (Fsp3) is 0.294. The van der Waals surface area contributed by atoms with Crippen LogP contribution in [0.3, 0.4) is 0 Å². The van der Waals surface area contributed by atoms with Crippen LogP contribution < -0.4 is 5.32 Å². The summed E-state index contributed by atoms with van der Waals surface area (Å²) in [4.78, 5) is 1.28. The topological polar surface area (TPSA) is 12.0 Å². The zero-order valence-corrected chi connectivity index (χ0v) is 14.6. The van der Waals surface area contributed by atoms with Crippen molar-refractivity contribution in [1.29, 1.82) is 0 Å². The van der Waals surface area contributed by atoms with E-state index >= 15 is 0 Å². The molecule has 1 nitrogen and oxygen atoms in total. The predicted molar refractivity (Wildman–Crippen MR) is 92.6 cm³/mol. The van der Waals surface area contributed by atoms with E-state index in [1.54, 1.807) is 0 Å². The molecule has 0 amide bonds. The standard InChI is InChI=1S/C17H19BrFNS/c1-12-3-6-15(7-4-12)21-11-14(20-2)9-13-5-8-17(19)16(18)10-13/h3-8,10,14,20H,9,11H2,1-2H3. The van der Waals surface area contributed by atoms with Crippen LogP contribution >= 0.6 is 27.7 Å². The molecule has 0 aromatic heterocycles. The second-order valence-electron chi connectivity index (χ2n) is 5.06. The molecule has 1 atom stereocenters. The Hall–Kier alpha value is -0.840. The second kappa shape index (κ2) is 7.97. The van der Waals surface area contributed by atoms with E-state index in [2.05, 4.69) is 52.4 Å². The molecule has 21 heavy (non-hydrogen) atoms. The van der Waals surface area contributed by atoms with Crippen molar-refractivity contribution in [1.82, 2.24) is 5.32 Å². The molecule has 0 aliphatic rings. The van der Waals surface area contributed by atoms with Gasteiger partial charge < -0.3 is 5.32 Å². The average molecular weight is 368 g/mol. The summed E-state index contributed by atoms with van der Waals surface area (Å²) in [5, 5.41) is 3.34. The molecule has 0 saturated carbocycles. The van der Waals surface area contributed by atoms with E-state index in [0.717, 1.165) is 17.7 Å². The van der Waals surface area contributed by atoms with Gasteiger partial charge in [-0.05, 0) is 66.2 Å². The number of nitrogens with one attached hydrogen (secondary N) is 1. The number of rotatable bonds is 6. The summed E-state index contributed by atoms with van der Waals surface area (Å²) in [6, 6.07) is 14.1. The first-order valence-corrected chi connectivity index (χ1v) is 8.67. The normalized spacial score (nSPS) is 12.4. The molecular weight excluding hydrogens is 349 g/mol. The Morgan fingerprint density at radius 2 is 1.90 bits per heavy atom. The van der Waals surface area contributed by atoms with Gasteiger partial charge in [0.2, 0.25) is 0 Å². The number of benzene rings is 2. The zero-order valence-electron chi connectivity index (χ0n) is 12.2. The molecule has 0 aliphatic carbocycles. The molecule has 4 heteroatoms. The number of hydrogen-bond donors (Lipinski definition) is 1. The number of thioether (sulfide) groups is 1. The van der Waals surface area contributed by atoms with Crippen LogP contribution in [0.5, 0.6) is 0 Å². The maximum absolute atomic E-state index is 13.3. The van der Waals surface area contributed by atoms with Crippen molar-refractivity contribution in [2.24, 2.45) is 0 Å². The van der Waals surface area contributed by atoms with Crippen LogP contribution in [0.2, 0.25) is 0 Å². The van der Waals surface area contributed by atoms with Gasteiger partial charge >= 0.3 is 0 Å². The first kappa shape index (κ1) is 16.5. The zero-order chi connectivity index (χ0) is 15.2. The van der Waals surface area contributed by atoms with E-state index in [-0.39, 0.29) is 5.82 Å². The maximum Gasteiger partial charge on any atom is 0.137 e. The summed E-state index contributed by atoms with van der Waals surface area (Å²) in [6.07, 6.45) is 0.883. The summed E-state index contributed by atoms with van der Waals surface area (Å²) in [6.45, 7) is 2.09. The Morgan fingerprint density at radius 3 is 2.52 bits per heavy atom. The Labute approximate surface area is 138 Å². The predicted octanol–water partition coefficient (Wildman–Crippen LogP) is 4.82. The van der Waals surface area contributed by atoms with Gasteiger partial charge in [0, 0.05) is 16.7 Å². The molecule has 1 unspecified atom stereocenters. The van der Waals surface area contributed by atoms with Crippen LogP contribution in [-0.4, -0.2) is 18.8 Å². The monoisotopic (exact) mass is 367 g/mol. The minimum Gasteiger partial charge on any atom is -0.316 e. The van der Waals surface area contributed by atoms with Crippen LogP contribution in [0.1, 0.15) is 11.1 Å². The highest BCUT2D eigenvalue weighted by molar-refractivity contribution is 9.10. The highest BCUT2D eigenvalue weighted by Gasteiger charge is 2.09. The molecule has 2 rings (SSSR count). The van der Waals surface area contributed by atoms with Crippen molar-refractivity contribution >= 4 is 27.7 Å². The van der Waals surface area contributed by atoms with Crippen molar-refractivity contribution < 1.29 is 4.39 Å². The van der Waals surface area contributed by atoms with Crippen molar-refractivity contribution in [3.63, 3.8) is 0 Å². The average Bonchev–Trinajstić information content (AvgIpc) is 2.49. The third kappa shape index (κ3) is 5.13. The Morgan fingerprint density at radius 1 is 1.19 bits per heavy atom. The quantitative estimate of drug-likeness (QED) is 0.734.